The Kier molecular flexibility index (Phi) is 4.49. The molecule has 0 radical (unpaired) electrons. The third-order valence-corrected chi connectivity index (χ3v) is 5.60. The lowest BCUT2D eigenvalue weighted by atomic mass is 10.0. The third-order valence-electron chi connectivity index (χ3n) is 5.60. The lowest BCUT2D eigenvalue weighted by Gasteiger charge is -2.26. The number of nitrogens with zero attached hydrogens (tertiary/aromatic N) is 4. The molecule has 1 unspecified atom stereocenters. The first-order chi connectivity index (χ1) is 14.8. The Hall–Kier alpha value is -3.37. The molecule has 162 valence electrons. The van der Waals surface area contributed by atoms with Crippen LogP contribution < -0.4 is 15.5 Å². The maximum Gasteiger partial charge on any atom is 0.319 e. The van der Waals surface area contributed by atoms with E-state index in [4.69, 9.17) is 0 Å². The van der Waals surface area contributed by atoms with Gasteiger partial charge in [0.2, 0.25) is 0 Å². The summed E-state index contributed by atoms with van der Waals surface area (Å²) in [5.41, 5.74) is 0.812. The van der Waals surface area contributed by atoms with Crippen LogP contribution in [0.4, 0.5) is 33.9 Å². The average molecular weight is 434 g/mol. The highest BCUT2D eigenvalue weighted by molar-refractivity contribution is 5.93. The molecular weight excluding hydrogens is 416 g/mol. The SMILES string of the molecule is O=C(Nc1cnn2ccc(N3CCC[C@@H]3c3cc(F)ccc3F)nc12)NC1CC1(F)F. The van der Waals surface area contributed by atoms with Gasteiger partial charge in [0.15, 0.2) is 5.65 Å². The van der Waals surface area contributed by atoms with Crippen molar-refractivity contribution in [3.63, 3.8) is 0 Å². The topological polar surface area (TPSA) is 74.6 Å². The van der Waals surface area contributed by atoms with Crippen LogP contribution in [-0.2, 0) is 0 Å². The van der Waals surface area contributed by atoms with Gasteiger partial charge in [-0.25, -0.2) is 31.9 Å². The number of benzene rings is 1. The largest absolute Gasteiger partial charge is 0.349 e. The summed E-state index contributed by atoms with van der Waals surface area (Å²) in [5, 5.41) is 8.80. The summed E-state index contributed by atoms with van der Waals surface area (Å²) in [5.74, 6) is -3.36. The first kappa shape index (κ1) is 19.6. The molecule has 1 aromatic carbocycles. The van der Waals surface area contributed by atoms with Gasteiger partial charge in [0.1, 0.15) is 29.2 Å². The van der Waals surface area contributed by atoms with Crippen molar-refractivity contribution in [2.75, 3.05) is 16.8 Å². The van der Waals surface area contributed by atoms with Crippen LogP contribution in [0.5, 0.6) is 0 Å². The number of nitrogens with one attached hydrogen (secondary N) is 2. The smallest absolute Gasteiger partial charge is 0.319 e. The second kappa shape index (κ2) is 7.10. The number of carbonyl (C=O) groups excluding carboxylic acids is 1. The summed E-state index contributed by atoms with van der Waals surface area (Å²) in [4.78, 5) is 18.4. The van der Waals surface area contributed by atoms with E-state index in [9.17, 15) is 22.4 Å². The molecule has 1 saturated carbocycles. The Morgan fingerprint density at radius 3 is 2.81 bits per heavy atom. The molecule has 2 aromatic heterocycles. The summed E-state index contributed by atoms with van der Waals surface area (Å²) in [6.07, 6.45) is 4.02. The van der Waals surface area contributed by atoms with Crippen LogP contribution in [0.3, 0.4) is 0 Å². The molecule has 31 heavy (non-hydrogen) atoms. The summed E-state index contributed by atoms with van der Waals surface area (Å²) in [7, 11) is 0. The molecule has 1 aliphatic carbocycles. The second-order valence-corrected chi connectivity index (χ2v) is 7.75. The Bertz CT molecular complexity index is 1170. The van der Waals surface area contributed by atoms with Crippen molar-refractivity contribution in [1.82, 2.24) is 19.9 Å². The summed E-state index contributed by atoms with van der Waals surface area (Å²) in [6, 6.07) is 2.75. The molecule has 1 saturated heterocycles. The van der Waals surface area contributed by atoms with Crippen molar-refractivity contribution >= 4 is 23.2 Å². The number of anilines is 2. The van der Waals surface area contributed by atoms with Crippen molar-refractivity contribution in [2.45, 2.75) is 37.3 Å². The monoisotopic (exact) mass is 434 g/mol. The zero-order valence-corrected chi connectivity index (χ0v) is 16.2. The predicted octanol–water partition coefficient (Wildman–Crippen LogP) is 3.88. The molecule has 2 atom stereocenters. The van der Waals surface area contributed by atoms with E-state index in [0.29, 0.717) is 24.4 Å². The molecule has 2 fully saturated rings. The first-order valence-electron chi connectivity index (χ1n) is 9.83. The number of amides is 2. The number of fused-ring (bicyclic) bond motifs is 1. The van der Waals surface area contributed by atoms with Gasteiger partial charge in [-0.2, -0.15) is 5.10 Å². The van der Waals surface area contributed by atoms with E-state index in [-0.39, 0.29) is 23.7 Å². The molecule has 0 spiro atoms. The standard InChI is InChI=1S/C20H18F4N6O/c21-11-3-4-13(22)12(8-11)15-2-1-6-29(15)17-5-7-30-18(28-17)14(10-25-30)26-19(31)27-16-9-20(16,23)24/h3-5,7-8,10,15-16H,1-2,6,9H2,(H2,26,27,31)/t15-,16?/m1/s1. The fraction of sp³-hybridized carbons (Fsp3) is 0.350. The fourth-order valence-electron chi connectivity index (χ4n) is 3.93. The lowest BCUT2D eigenvalue weighted by molar-refractivity contribution is 0.108. The number of urea groups is 1. The highest BCUT2D eigenvalue weighted by Crippen LogP contribution is 2.41. The van der Waals surface area contributed by atoms with Gasteiger partial charge in [-0.05, 0) is 37.1 Å². The van der Waals surface area contributed by atoms with Gasteiger partial charge in [0.25, 0.3) is 5.92 Å². The molecule has 1 aliphatic heterocycles. The van der Waals surface area contributed by atoms with Crippen LogP contribution >= 0.6 is 0 Å². The van der Waals surface area contributed by atoms with E-state index < -0.39 is 29.6 Å². The van der Waals surface area contributed by atoms with Gasteiger partial charge in [-0.1, -0.05) is 0 Å². The number of rotatable bonds is 4. The molecule has 2 N–H and O–H groups in total. The average Bonchev–Trinajstić information content (AvgIpc) is 3.09. The minimum Gasteiger partial charge on any atom is -0.349 e. The van der Waals surface area contributed by atoms with Crippen molar-refractivity contribution < 1.29 is 22.4 Å². The Labute approximate surface area is 174 Å². The Morgan fingerprint density at radius 1 is 1.23 bits per heavy atom. The first-order valence-corrected chi connectivity index (χ1v) is 9.83. The van der Waals surface area contributed by atoms with Crippen LogP contribution in [0.25, 0.3) is 5.65 Å². The van der Waals surface area contributed by atoms with E-state index in [1.165, 1.54) is 16.8 Å². The van der Waals surface area contributed by atoms with Crippen LogP contribution in [-0.4, -0.2) is 39.1 Å². The number of aromatic nitrogens is 3. The Balaban J connectivity index is 1.41. The number of hydrogen-bond acceptors (Lipinski definition) is 4. The van der Waals surface area contributed by atoms with E-state index in [1.807, 2.05) is 4.90 Å². The lowest BCUT2D eigenvalue weighted by Crippen LogP contribution is -2.33. The van der Waals surface area contributed by atoms with Crippen LogP contribution in [0.2, 0.25) is 0 Å². The van der Waals surface area contributed by atoms with Crippen molar-refractivity contribution in [1.29, 1.82) is 0 Å². The third kappa shape index (κ3) is 3.64. The quantitative estimate of drug-likeness (QED) is 0.612. The van der Waals surface area contributed by atoms with Gasteiger partial charge in [0, 0.05) is 24.7 Å². The second-order valence-electron chi connectivity index (χ2n) is 7.75. The minimum absolute atomic E-state index is 0.246. The van der Waals surface area contributed by atoms with E-state index in [1.54, 1.807) is 12.3 Å². The normalized spacial score (nSPS) is 22.0. The molecule has 11 heteroatoms. The zero-order valence-electron chi connectivity index (χ0n) is 16.2. The van der Waals surface area contributed by atoms with Gasteiger partial charge in [0.05, 0.1) is 12.2 Å². The van der Waals surface area contributed by atoms with E-state index in [2.05, 4.69) is 20.7 Å². The van der Waals surface area contributed by atoms with E-state index >= 15 is 0 Å². The van der Waals surface area contributed by atoms with Gasteiger partial charge in [-0.15, -0.1) is 0 Å². The highest BCUT2D eigenvalue weighted by Gasteiger charge is 2.58. The zero-order chi connectivity index (χ0) is 21.8. The molecular formula is C20H18F4N6O. The number of hydrogen-bond donors (Lipinski definition) is 2. The van der Waals surface area contributed by atoms with Crippen LogP contribution in [0, 0.1) is 11.6 Å². The number of halogens is 4. The Morgan fingerprint density at radius 2 is 2.03 bits per heavy atom. The fourth-order valence-corrected chi connectivity index (χ4v) is 3.93. The van der Waals surface area contributed by atoms with Crippen LogP contribution in [0.1, 0.15) is 30.9 Å². The maximum absolute atomic E-state index is 14.3. The molecule has 2 aliphatic rings. The van der Waals surface area contributed by atoms with E-state index in [0.717, 1.165) is 18.6 Å². The molecule has 2 amide bonds. The predicted molar refractivity (Wildman–Crippen MR) is 104 cm³/mol. The van der Waals surface area contributed by atoms with Crippen molar-refractivity contribution in [3.05, 3.63) is 53.9 Å². The number of carbonyl (C=O) groups is 1. The van der Waals surface area contributed by atoms with Gasteiger partial charge < -0.3 is 15.5 Å². The summed E-state index contributed by atoms with van der Waals surface area (Å²) in [6.45, 7) is 0.595. The molecule has 7 nitrogen and oxygen atoms in total. The molecule has 3 aromatic rings. The van der Waals surface area contributed by atoms with Crippen molar-refractivity contribution in [2.24, 2.45) is 0 Å². The molecule has 5 rings (SSSR count). The highest BCUT2D eigenvalue weighted by atomic mass is 19.3. The minimum atomic E-state index is -2.87. The number of alkyl halides is 2. The molecule has 3 heterocycles. The van der Waals surface area contributed by atoms with Gasteiger partial charge >= 0.3 is 6.03 Å². The van der Waals surface area contributed by atoms with Crippen molar-refractivity contribution in [3.8, 4) is 0 Å². The summed E-state index contributed by atoms with van der Waals surface area (Å²) < 4.78 is 55.5. The molecule has 0 bridgehead atoms. The van der Waals surface area contributed by atoms with Gasteiger partial charge in [-0.3, -0.25) is 0 Å². The maximum atomic E-state index is 14.3. The summed E-state index contributed by atoms with van der Waals surface area (Å²) >= 11 is 0. The van der Waals surface area contributed by atoms with Crippen LogP contribution in [0.15, 0.2) is 36.7 Å².